The number of hydrogen-bond donors (Lipinski definition) is 2. The van der Waals surface area contributed by atoms with Gasteiger partial charge < -0.3 is 5.11 Å². The first kappa shape index (κ1) is 13.7. The number of allylic oxidation sites excluding steroid dienone is 1. The van der Waals surface area contributed by atoms with Crippen molar-refractivity contribution in [3.05, 3.63) is 59.8 Å². The van der Waals surface area contributed by atoms with Crippen LogP contribution < -0.4 is 0 Å². The first-order chi connectivity index (χ1) is 8.91. The lowest BCUT2D eigenvalue weighted by Crippen LogP contribution is -2.36. The Kier molecular flexibility index (Phi) is 3.66. The average molecular weight is 279 g/mol. The molecule has 1 unspecified atom stereocenters. The molecule has 1 aromatic carbocycles. The van der Waals surface area contributed by atoms with Crippen LogP contribution >= 0.6 is 0 Å². The maximum absolute atomic E-state index is 11.0. The molecule has 19 heavy (non-hydrogen) atoms. The van der Waals surface area contributed by atoms with Crippen LogP contribution in [0, 0.1) is 0 Å². The molecule has 0 aliphatic heterocycles. The molecule has 2 rings (SSSR count). The van der Waals surface area contributed by atoms with Crippen LogP contribution in [0.5, 0.6) is 0 Å². The lowest BCUT2D eigenvalue weighted by Gasteiger charge is -2.21. The highest BCUT2D eigenvalue weighted by Crippen LogP contribution is 2.26. The second-order valence-corrected chi connectivity index (χ2v) is 5.81. The van der Waals surface area contributed by atoms with E-state index in [1.165, 1.54) is 12.2 Å². The molecule has 0 saturated carbocycles. The van der Waals surface area contributed by atoms with Crippen molar-refractivity contribution in [2.24, 2.45) is 4.99 Å². The molecule has 100 valence electrons. The highest BCUT2D eigenvalue weighted by atomic mass is 32.2. The van der Waals surface area contributed by atoms with E-state index < -0.39 is 15.1 Å². The van der Waals surface area contributed by atoms with Gasteiger partial charge in [-0.3, -0.25) is 9.55 Å². The molecular formula is C13H13NO4S. The average Bonchev–Trinajstić information content (AvgIpc) is 2.38. The van der Waals surface area contributed by atoms with Crippen molar-refractivity contribution >= 4 is 16.3 Å². The first-order valence-electron chi connectivity index (χ1n) is 5.59. The van der Waals surface area contributed by atoms with Crippen LogP contribution in [0.15, 0.2) is 59.2 Å². The zero-order valence-corrected chi connectivity index (χ0v) is 10.8. The molecule has 5 nitrogen and oxygen atoms in total. The van der Waals surface area contributed by atoms with E-state index in [0.29, 0.717) is 5.70 Å². The molecule has 2 N–H and O–H groups in total. The van der Waals surface area contributed by atoms with Gasteiger partial charge in [-0.2, -0.15) is 8.42 Å². The summed E-state index contributed by atoms with van der Waals surface area (Å²) in [6, 6.07) is 9.41. The molecule has 0 radical (unpaired) electrons. The van der Waals surface area contributed by atoms with Crippen molar-refractivity contribution in [2.45, 2.75) is 11.4 Å². The van der Waals surface area contributed by atoms with Crippen molar-refractivity contribution in [3.8, 4) is 0 Å². The van der Waals surface area contributed by atoms with Crippen LogP contribution in [0.25, 0.3) is 0 Å². The summed E-state index contributed by atoms with van der Waals surface area (Å²) in [4.78, 5) is 1.91. The van der Waals surface area contributed by atoms with Crippen LogP contribution in [0.3, 0.4) is 0 Å². The van der Waals surface area contributed by atoms with Gasteiger partial charge in [-0.15, -0.1) is 0 Å². The van der Waals surface area contributed by atoms with Gasteiger partial charge in [0.1, 0.15) is 0 Å². The number of hydrogen-bond acceptors (Lipinski definition) is 4. The van der Waals surface area contributed by atoms with E-state index in [2.05, 4.69) is 4.99 Å². The van der Waals surface area contributed by atoms with Gasteiger partial charge in [0.2, 0.25) is 4.93 Å². The molecule has 1 atom stereocenters. The van der Waals surface area contributed by atoms with Crippen molar-refractivity contribution in [1.82, 2.24) is 0 Å². The fourth-order valence-electron chi connectivity index (χ4n) is 1.58. The van der Waals surface area contributed by atoms with Gasteiger partial charge >= 0.3 is 0 Å². The number of aliphatic hydroxyl groups is 1. The summed E-state index contributed by atoms with van der Waals surface area (Å²) in [6.45, 7) is 0. The van der Waals surface area contributed by atoms with Crippen LogP contribution in [0.2, 0.25) is 0 Å². The summed E-state index contributed by atoms with van der Waals surface area (Å²) < 4.78 is 30.9. The second-order valence-electron chi connectivity index (χ2n) is 4.16. The Hall–Kier alpha value is -1.76. The molecule has 1 aromatic rings. The maximum atomic E-state index is 11.0. The standard InChI is InChI=1S/C13H13NO4S/c15-13(19(16,17)18)8-6-12(7-9-13)14-10-11-4-2-1-3-5-11/h1-8,10,15H,9H2,(H,16,17,18). The molecule has 0 bridgehead atoms. The minimum atomic E-state index is -4.54. The number of benzene rings is 1. The second kappa shape index (κ2) is 5.08. The molecule has 1 aliphatic rings. The Morgan fingerprint density at radius 3 is 2.47 bits per heavy atom. The van der Waals surface area contributed by atoms with Crippen LogP contribution in [0.1, 0.15) is 12.0 Å². The molecule has 0 fully saturated rings. The molecular weight excluding hydrogens is 266 g/mol. The quantitative estimate of drug-likeness (QED) is 0.649. The van der Waals surface area contributed by atoms with E-state index in [4.69, 9.17) is 4.55 Å². The summed E-state index contributed by atoms with van der Waals surface area (Å²) in [6.07, 6.45) is 5.24. The number of aliphatic imine (C=N–C) groups is 1. The van der Waals surface area contributed by atoms with Gasteiger partial charge in [0.05, 0.1) is 5.70 Å². The highest BCUT2D eigenvalue weighted by molar-refractivity contribution is 7.87. The Labute approximate surface area is 111 Å². The van der Waals surface area contributed by atoms with Gasteiger partial charge in [0, 0.05) is 12.6 Å². The summed E-state index contributed by atoms with van der Waals surface area (Å²) in [5.41, 5.74) is 1.43. The largest absolute Gasteiger partial charge is 0.369 e. The minimum Gasteiger partial charge on any atom is -0.369 e. The van der Waals surface area contributed by atoms with Crippen LogP contribution in [-0.4, -0.2) is 29.2 Å². The third kappa shape index (κ3) is 3.17. The fourth-order valence-corrected chi connectivity index (χ4v) is 2.11. The fraction of sp³-hybridized carbons (Fsp3) is 0.154. The van der Waals surface area contributed by atoms with Crippen molar-refractivity contribution < 1.29 is 18.1 Å². The summed E-state index contributed by atoms with van der Waals surface area (Å²) in [7, 11) is -4.54. The summed E-state index contributed by atoms with van der Waals surface area (Å²) in [5.74, 6) is 0. The van der Waals surface area contributed by atoms with Gasteiger partial charge in [0.15, 0.2) is 0 Å². The normalized spacial score (nSPS) is 23.6. The highest BCUT2D eigenvalue weighted by Gasteiger charge is 2.38. The van der Waals surface area contributed by atoms with Gasteiger partial charge in [-0.05, 0) is 17.7 Å². The van der Waals surface area contributed by atoms with Gasteiger partial charge in [0.25, 0.3) is 10.1 Å². The topological polar surface area (TPSA) is 87.0 Å². The van der Waals surface area contributed by atoms with E-state index in [1.807, 2.05) is 30.3 Å². The van der Waals surface area contributed by atoms with E-state index >= 15 is 0 Å². The molecule has 0 heterocycles. The van der Waals surface area contributed by atoms with E-state index in [-0.39, 0.29) is 6.42 Å². The maximum Gasteiger partial charge on any atom is 0.299 e. The number of rotatable bonds is 3. The van der Waals surface area contributed by atoms with Gasteiger partial charge in [-0.1, -0.05) is 36.4 Å². The predicted molar refractivity (Wildman–Crippen MR) is 72.4 cm³/mol. The van der Waals surface area contributed by atoms with Crippen molar-refractivity contribution in [2.75, 3.05) is 0 Å². The monoisotopic (exact) mass is 279 g/mol. The predicted octanol–water partition coefficient (Wildman–Crippen LogP) is 1.53. The Bertz CT molecular complexity index is 646. The van der Waals surface area contributed by atoms with Crippen LogP contribution in [0.4, 0.5) is 0 Å². The van der Waals surface area contributed by atoms with E-state index in [0.717, 1.165) is 11.6 Å². The Morgan fingerprint density at radius 2 is 1.95 bits per heavy atom. The smallest absolute Gasteiger partial charge is 0.299 e. The van der Waals surface area contributed by atoms with Crippen LogP contribution in [-0.2, 0) is 10.1 Å². The Morgan fingerprint density at radius 1 is 1.26 bits per heavy atom. The van der Waals surface area contributed by atoms with Crippen molar-refractivity contribution in [3.63, 3.8) is 0 Å². The van der Waals surface area contributed by atoms with E-state index in [1.54, 1.807) is 6.21 Å². The lowest BCUT2D eigenvalue weighted by atomic mass is 10.1. The molecule has 1 aliphatic carbocycles. The van der Waals surface area contributed by atoms with Crippen molar-refractivity contribution in [1.29, 1.82) is 0 Å². The van der Waals surface area contributed by atoms with E-state index in [9.17, 15) is 13.5 Å². The molecule has 0 aromatic heterocycles. The summed E-state index contributed by atoms with van der Waals surface area (Å²) >= 11 is 0. The zero-order chi connectivity index (χ0) is 13.9. The third-order valence-electron chi connectivity index (χ3n) is 2.73. The third-order valence-corrected chi connectivity index (χ3v) is 3.92. The Balaban J connectivity index is 2.12. The SMILES string of the molecule is O=S(=O)(O)C1(O)C=CC(N=Cc2ccccc2)=CC1. The minimum absolute atomic E-state index is 0.232. The molecule has 0 amide bonds. The number of nitrogens with zero attached hydrogens (tertiary/aromatic N) is 1. The molecule has 6 heteroatoms. The first-order valence-corrected chi connectivity index (χ1v) is 7.03. The van der Waals surface area contributed by atoms with Gasteiger partial charge in [-0.25, -0.2) is 0 Å². The summed E-state index contributed by atoms with van der Waals surface area (Å²) in [5, 5.41) is 9.69. The molecule has 0 spiro atoms. The lowest BCUT2D eigenvalue weighted by molar-refractivity contribution is 0.162. The zero-order valence-electron chi connectivity index (χ0n) is 9.97. The molecule has 0 saturated heterocycles.